The standard InChI is InChI=1S/C15H15Cl2NO2/c1-2-20-14-6-4-3-5-13(14)18-9-10-7-11(16)8-12(17)15(10)19/h3-8,18-19H,2,9H2,1H3. The Labute approximate surface area is 128 Å². The van der Waals surface area contributed by atoms with Gasteiger partial charge in [-0.15, -0.1) is 0 Å². The van der Waals surface area contributed by atoms with Gasteiger partial charge in [0.2, 0.25) is 0 Å². The third-order valence-corrected chi connectivity index (χ3v) is 3.27. The van der Waals surface area contributed by atoms with Crippen LogP contribution in [0.15, 0.2) is 36.4 Å². The second kappa shape index (κ2) is 6.73. The summed E-state index contributed by atoms with van der Waals surface area (Å²) >= 11 is 11.8. The first kappa shape index (κ1) is 14.8. The van der Waals surface area contributed by atoms with Crippen molar-refractivity contribution in [1.82, 2.24) is 0 Å². The zero-order chi connectivity index (χ0) is 14.5. The number of hydrogen-bond acceptors (Lipinski definition) is 3. The monoisotopic (exact) mass is 311 g/mol. The number of para-hydroxylation sites is 2. The maximum atomic E-state index is 9.91. The van der Waals surface area contributed by atoms with Crippen LogP contribution >= 0.6 is 23.2 Å². The lowest BCUT2D eigenvalue weighted by Gasteiger charge is -2.13. The highest BCUT2D eigenvalue weighted by Crippen LogP contribution is 2.32. The molecule has 0 atom stereocenters. The third-order valence-electron chi connectivity index (χ3n) is 2.76. The number of benzene rings is 2. The predicted octanol–water partition coefficient (Wildman–Crippen LogP) is 4.71. The van der Waals surface area contributed by atoms with Crippen LogP contribution in [0.2, 0.25) is 10.0 Å². The number of hydrogen-bond donors (Lipinski definition) is 2. The number of nitrogens with one attached hydrogen (secondary N) is 1. The second-order valence-corrected chi connectivity index (χ2v) is 5.02. The first-order valence-electron chi connectivity index (χ1n) is 6.24. The lowest BCUT2D eigenvalue weighted by Crippen LogP contribution is -2.03. The van der Waals surface area contributed by atoms with Gasteiger partial charge < -0.3 is 15.2 Å². The molecule has 3 nitrogen and oxygen atoms in total. The zero-order valence-corrected chi connectivity index (χ0v) is 12.5. The van der Waals surface area contributed by atoms with Gasteiger partial charge in [0.05, 0.1) is 17.3 Å². The molecule has 2 aromatic rings. The van der Waals surface area contributed by atoms with Crippen LogP contribution in [-0.4, -0.2) is 11.7 Å². The van der Waals surface area contributed by atoms with Gasteiger partial charge in [-0.1, -0.05) is 35.3 Å². The first-order chi connectivity index (χ1) is 9.61. The lowest BCUT2D eigenvalue weighted by molar-refractivity contribution is 0.341. The summed E-state index contributed by atoms with van der Waals surface area (Å²) in [6, 6.07) is 10.8. The zero-order valence-electron chi connectivity index (χ0n) is 11.0. The molecule has 2 N–H and O–H groups in total. The van der Waals surface area contributed by atoms with Gasteiger partial charge in [-0.05, 0) is 31.2 Å². The predicted molar refractivity (Wildman–Crippen MR) is 83.1 cm³/mol. The summed E-state index contributed by atoms with van der Waals surface area (Å²) in [6.45, 7) is 2.92. The van der Waals surface area contributed by atoms with Gasteiger partial charge >= 0.3 is 0 Å². The fourth-order valence-corrected chi connectivity index (χ4v) is 2.37. The Bertz CT molecular complexity index is 602. The van der Waals surface area contributed by atoms with E-state index in [9.17, 15) is 5.11 Å². The van der Waals surface area contributed by atoms with E-state index in [0.29, 0.717) is 23.7 Å². The van der Waals surface area contributed by atoms with Crippen LogP contribution in [0.3, 0.4) is 0 Å². The Morgan fingerprint density at radius 2 is 1.95 bits per heavy atom. The molecule has 0 heterocycles. The van der Waals surface area contributed by atoms with E-state index in [4.69, 9.17) is 27.9 Å². The van der Waals surface area contributed by atoms with Gasteiger partial charge in [0.1, 0.15) is 11.5 Å². The molecule has 106 valence electrons. The Balaban J connectivity index is 2.17. The molecule has 0 aliphatic heterocycles. The molecule has 0 radical (unpaired) electrons. The Morgan fingerprint density at radius 1 is 1.20 bits per heavy atom. The summed E-state index contributed by atoms with van der Waals surface area (Å²) < 4.78 is 5.53. The van der Waals surface area contributed by atoms with Crippen molar-refractivity contribution in [2.24, 2.45) is 0 Å². The molecule has 0 unspecified atom stereocenters. The SMILES string of the molecule is CCOc1ccccc1NCc1cc(Cl)cc(Cl)c1O. The second-order valence-electron chi connectivity index (χ2n) is 4.18. The molecule has 20 heavy (non-hydrogen) atoms. The summed E-state index contributed by atoms with van der Waals surface area (Å²) in [4.78, 5) is 0. The molecule has 0 saturated heterocycles. The van der Waals surface area contributed by atoms with Crippen LogP contribution < -0.4 is 10.1 Å². The molecule has 0 fully saturated rings. The summed E-state index contributed by atoms with van der Waals surface area (Å²) in [7, 11) is 0. The molecule has 0 amide bonds. The van der Waals surface area contributed by atoms with Crippen molar-refractivity contribution in [2.75, 3.05) is 11.9 Å². The highest BCUT2D eigenvalue weighted by molar-refractivity contribution is 6.35. The van der Waals surface area contributed by atoms with Crippen molar-refractivity contribution in [2.45, 2.75) is 13.5 Å². The van der Waals surface area contributed by atoms with Gasteiger partial charge in [-0.3, -0.25) is 0 Å². The van der Waals surface area contributed by atoms with Crippen molar-refractivity contribution >= 4 is 28.9 Å². The number of halogens is 2. The highest BCUT2D eigenvalue weighted by Gasteiger charge is 2.09. The molecule has 2 aromatic carbocycles. The van der Waals surface area contributed by atoms with E-state index in [-0.39, 0.29) is 10.8 Å². The van der Waals surface area contributed by atoms with E-state index in [1.54, 1.807) is 6.07 Å². The number of phenols is 1. The van der Waals surface area contributed by atoms with Crippen molar-refractivity contribution in [1.29, 1.82) is 0 Å². The van der Waals surface area contributed by atoms with E-state index in [0.717, 1.165) is 11.4 Å². The van der Waals surface area contributed by atoms with Gasteiger partial charge in [0.15, 0.2) is 0 Å². The fraction of sp³-hybridized carbons (Fsp3) is 0.200. The van der Waals surface area contributed by atoms with Crippen LogP contribution in [0.5, 0.6) is 11.5 Å². The average molecular weight is 312 g/mol. The van der Waals surface area contributed by atoms with Crippen molar-refractivity contribution < 1.29 is 9.84 Å². The van der Waals surface area contributed by atoms with Crippen molar-refractivity contribution in [3.8, 4) is 11.5 Å². The highest BCUT2D eigenvalue weighted by atomic mass is 35.5. The minimum Gasteiger partial charge on any atom is -0.506 e. The van der Waals surface area contributed by atoms with E-state index >= 15 is 0 Å². The largest absolute Gasteiger partial charge is 0.506 e. The first-order valence-corrected chi connectivity index (χ1v) is 7.00. The number of rotatable bonds is 5. The maximum absolute atomic E-state index is 9.91. The Kier molecular flexibility index (Phi) is 4.99. The Hall–Kier alpha value is -1.58. The lowest BCUT2D eigenvalue weighted by atomic mass is 10.2. The van der Waals surface area contributed by atoms with Crippen LogP contribution in [0.4, 0.5) is 5.69 Å². The molecule has 0 aliphatic rings. The van der Waals surface area contributed by atoms with E-state index in [2.05, 4.69) is 5.32 Å². The topological polar surface area (TPSA) is 41.5 Å². The maximum Gasteiger partial charge on any atom is 0.142 e. The number of aromatic hydroxyl groups is 1. The van der Waals surface area contributed by atoms with E-state index in [1.807, 2.05) is 31.2 Å². The van der Waals surface area contributed by atoms with Gasteiger partial charge in [-0.25, -0.2) is 0 Å². The smallest absolute Gasteiger partial charge is 0.142 e. The molecule has 0 aliphatic carbocycles. The van der Waals surface area contributed by atoms with Gasteiger partial charge in [0.25, 0.3) is 0 Å². The van der Waals surface area contributed by atoms with Gasteiger partial charge in [-0.2, -0.15) is 0 Å². The van der Waals surface area contributed by atoms with E-state index in [1.165, 1.54) is 6.07 Å². The molecule has 2 rings (SSSR count). The molecular weight excluding hydrogens is 297 g/mol. The fourth-order valence-electron chi connectivity index (χ4n) is 1.84. The van der Waals surface area contributed by atoms with Crippen molar-refractivity contribution in [3.05, 3.63) is 52.0 Å². The molecular formula is C15H15Cl2NO2. The van der Waals surface area contributed by atoms with Crippen molar-refractivity contribution in [3.63, 3.8) is 0 Å². The summed E-state index contributed by atoms with van der Waals surface area (Å²) in [5, 5.41) is 13.8. The number of phenolic OH excluding ortho intramolecular Hbond substituents is 1. The van der Waals surface area contributed by atoms with E-state index < -0.39 is 0 Å². The molecule has 0 aromatic heterocycles. The number of anilines is 1. The molecule has 0 spiro atoms. The normalized spacial score (nSPS) is 10.3. The average Bonchev–Trinajstić information content (AvgIpc) is 2.43. The van der Waals surface area contributed by atoms with Crippen LogP contribution in [0.1, 0.15) is 12.5 Å². The number of ether oxygens (including phenoxy) is 1. The summed E-state index contributed by atoms with van der Waals surface area (Å²) in [5.74, 6) is 0.806. The summed E-state index contributed by atoms with van der Waals surface area (Å²) in [5.41, 5.74) is 1.48. The van der Waals surface area contributed by atoms with Crippen LogP contribution in [0, 0.1) is 0 Å². The van der Waals surface area contributed by atoms with Gasteiger partial charge in [0, 0.05) is 17.1 Å². The van der Waals surface area contributed by atoms with Crippen LogP contribution in [0.25, 0.3) is 0 Å². The molecule has 0 bridgehead atoms. The third kappa shape index (κ3) is 3.50. The van der Waals surface area contributed by atoms with Crippen LogP contribution in [-0.2, 0) is 6.54 Å². The molecule has 5 heteroatoms. The quantitative estimate of drug-likeness (QED) is 0.840. The minimum atomic E-state index is 0.0393. The minimum absolute atomic E-state index is 0.0393. The Morgan fingerprint density at radius 3 is 2.70 bits per heavy atom. The summed E-state index contributed by atoms with van der Waals surface area (Å²) in [6.07, 6.45) is 0. The molecule has 0 saturated carbocycles.